The average molecular weight is 461 g/mol. The molecule has 2 N–H and O–H groups in total. The van der Waals surface area contributed by atoms with Crippen molar-refractivity contribution in [1.29, 1.82) is 0 Å². The van der Waals surface area contributed by atoms with E-state index in [-0.39, 0.29) is 6.61 Å². The van der Waals surface area contributed by atoms with Crippen LogP contribution in [0.3, 0.4) is 0 Å². The monoisotopic (exact) mass is 460 g/mol. The minimum absolute atomic E-state index is 0.220. The topological polar surface area (TPSA) is 76.7 Å². The maximum absolute atomic E-state index is 11.9. The lowest BCUT2D eigenvalue weighted by Gasteiger charge is -2.11. The Labute approximate surface area is 179 Å². The highest BCUT2D eigenvalue weighted by atomic mass is 79.9. The molecule has 0 saturated heterocycles. The smallest absolute Gasteiger partial charge is 0.276 e. The van der Waals surface area contributed by atoms with Gasteiger partial charge in [0.2, 0.25) is 0 Å². The number of hydrogen-bond donors (Lipinski definition) is 2. The van der Waals surface area contributed by atoms with E-state index in [1.54, 1.807) is 6.08 Å². The molecule has 29 heavy (non-hydrogen) atoms. The summed E-state index contributed by atoms with van der Waals surface area (Å²) in [5, 5.41) is 0. The molecule has 2 rings (SSSR count). The summed E-state index contributed by atoms with van der Waals surface area (Å²) in [5.74, 6) is 0.815. The van der Waals surface area contributed by atoms with Crippen LogP contribution in [-0.2, 0) is 9.59 Å². The van der Waals surface area contributed by atoms with Gasteiger partial charge >= 0.3 is 0 Å². The molecule has 0 unspecified atom stereocenters. The van der Waals surface area contributed by atoms with Crippen LogP contribution in [0.2, 0.25) is 0 Å². The van der Waals surface area contributed by atoms with Gasteiger partial charge in [0.1, 0.15) is 11.5 Å². The molecule has 0 aromatic heterocycles. The fraction of sp³-hybridized carbons (Fsp3) is 0.273. The van der Waals surface area contributed by atoms with E-state index in [0.717, 1.165) is 15.8 Å². The van der Waals surface area contributed by atoms with E-state index in [2.05, 4.69) is 40.6 Å². The van der Waals surface area contributed by atoms with Crippen molar-refractivity contribution in [2.75, 3.05) is 13.2 Å². The Morgan fingerprint density at radius 3 is 2.41 bits per heavy atom. The van der Waals surface area contributed by atoms with Gasteiger partial charge in [-0.15, -0.1) is 0 Å². The molecule has 0 fully saturated rings. The van der Waals surface area contributed by atoms with E-state index in [1.165, 1.54) is 11.6 Å². The van der Waals surface area contributed by atoms with Gasteiger partial charge in [0.05, 0.1) is 11.1 Å². The first-order valence-electron chi connectivity index (χ1n) is 9.31. The summed E-state index contributed by atoms with van der Waals surface area (Å²) in [5.41, 5.74) is 6.64. The first-order valence-corrected chi connectivity index (χ1v) is 10.1. The summed E-state index contributed by atoms with van der Waals surface area (Å²) >= 11 is 3.44. The third kappa shape index (κ3) is 7.62. The Bertz CT molecular complexity index is 864. The summed E-state index contributed by atoms with van der Waals surface area (Å²) in [7, 11) is 0. The van der Waals surface area contributed by atoms with Gasteiger partial charge in [-0.1, -0.05) is 32.0 Å². The lowest BCUT2D eigenvalue weighted by Crippen LogP contribution is -2.43. The molecule has 0 radical (unpaired) electrons. The molecule has 2 aromatic carbocycles. The van der Waals surface area contributed by atoms with Gasteiger partial charge in [-0.05, 0) is 70.2 Å². The van der Waals surface area contributed by atoms with Crippen molar-refractivity contribution in [2.24, 2.45) is 0 Å². The van der Waals surface area contributed by atoms with Gasteiger partial charge in [-0.3, -0.25) is 20.4 Å². The van der Waals surface area contributed by atoms with Crippen LogP contribution in [0.4, 0.5) is 0 Å². The number of amides is 2. The van der Waals surface area contributed by atoms with Crippen molar-refractivity contribution in [1.82, 2.24) is 10.9 Å². The van der Waals surface area contributed by atoms with Crippen molar-refractivity contribution < 1.29 is 19.1 Å². The van der Waals surface area contributed by atoms with Gasteiger partial charge in [0, 0.05) is 6.08 Å². The van der Waals surface area contributed by atoms with Gasteiger partial charge < -0.3 is 9.47 Å². The number of carbonyl (C=O) groups excluding carboxylic acids is 2. The lowest BCUT2D eigenvalue weighted by atomic mass is 10.0. The Kier molecular flexibility index (Phi) is 8.73. The minimum atomic E-state index is -0.465. The maximum Gasteiger partial charge on any atom is 0.276 e. The fourth-order valence-corrected chi connectivity index (χ4v) is 2.87. The molecule has 0 atom stereocenters. The van der Waals surface area contributed by atoms with E-state index in [0.29, 0.717) is 18.3 Å². The van der Waals surface area contributed by atoms with Gasteiger partial charge in [0.15, 0.2) is 6.61 Å². The summed E-state index contributed by atoms with van der Waals surface area (Å²) < 4.78 is 11.6. The second-order valence-electron chi connectivity index (χ2n) is 6.51. The molecular weight excluding hydrogens is 436 g/mol. The molecule has 154 valence electrons. The number of ether oxygens (including phenoxy) is 2. The van der Waals surface area contributed by atoms with Crippen molar-refractivity contribution in [2.45, 2.75) is 26.7 Å². The quantitative estimate of drug-likeness (QED) is 0.456. The standard InChI is InChI=1S/C22H25BrN2O4/c1-4-28-18-9-5-16(6-10-18)7-12-21(26)24-25-22(27)14-29-20-11-8-17(15(2)3)13-19(20)23/h5-13,15H,4,14H2,1-3H3,(H,24,26)(H,25,27)/b12-7+. The highest BCUT2D eigenvalue weighted by Gasteiger charge is 2.08. The van der Waals surface area contributed by atoms with Crippen LogP contribution >= 0.6 is 15.9 Å². The van der Waals surface area contributed by atoms with Crippen molar-refractivity contribution in [3.8, 4) is 11.5 Å². The van der Waals surface area contributed by atoms with Crippen LogP contribution in [0, 0.1) is 0 Å². The van der Waals surface area contributed by atoms with Crippen molar-refractivity contribution >= 4 is 33.8 Å². The fourth-order valence-electron chi connectivity index (χ4n) is 2.36. The predicted octanol–water partition coefficient (Wildman–Crippen LogP) is 4.21. The van der Waals surface area contributed by atoms with E-state index >= 15 is 0 Å². The first-order chi connectivity index (χ1) is 13.9. The predicted molar refractivity (Wildman–Crippen MR) is 117 cm³/mol. The zero-order valence-corrected chi connectivity index (χ0v) is 18.3. The highest BCUT2D eigenvalue weighted by molar-refractivity contribution is 9.10. The second kappa shape index (κ2) is 11.3. The molecule has 2 aromatic rings. The third-order valence-corrected chi connectivity index (χ3v) is 4.54. The Balaban J connectivity index is 1.76. The van der Waals surface area contributed by atoms with Gasteiger partial charge in [-0.25, -0.2) is 0 Å². The molecular formula is C22H25BrN2O4. The highest BCUT2D eigenvalue weighted by Crippen LogP contribution is 2.28. The summed E-state index contributed by atoms with van der Waals surface area (Å²) in [6.45, 7) is 6.49. The van der Waals surface area contributed by atoms with E-state index in [4.69, 9.17) is 9.47 Å². The maximum atomic E-state index is 11.9. The van der Waals surface area contributed by atoms with Gasteiger partial charge in [-0.2, -0.15) is 0 Å². The van der Waals surface area contributed by atoms with Crippen LogP contribution in [0.15, 0.2) is 53.0 Å². The van der Waals surface area contributed by atoms with Crippen LogP contribution < -0.4 is 20.3 Å². The molecule has 2 amide bonds. The normalized spacial score (nSPS) is 10.8. The van der Waals surface area contributed by atoms with Crippen LogP contribution in [-0.4, -0.2) is 25.0 Å². The first kappa shape index (κ1) is 22.5. The van der Waals surface area contributed by atoms with Crippen LogP contribution in [0.5, 0.6) is 11.5 Å². The summed E-state index contributed by atoms with van der Waals surface area (Å²) in [4.78, 5) is 23.7. The number of benzene rings is 2. The largest absolute Gasteiger partial charge is 0.494 e. The minimum Gasteiger partial charge on any atom is -0.494 e. The Hall–Kier alpha value is -2.80. The summed E-state index contributed by atoms with van der Waals surface area (Å²) in [6, 6.07) is 13.1. The number of halogens is 1. The molecule has 0 heterocycles. The number of hydrogen-bond acceptors (Lipinski definition) is 4. The summed E-state index contributed by atoms with van der Waals surface area (Å²) in [6.07, 6.45) is 2.97. The average Bonchev–Trinajstić information content (AvgIpc) is 2.71. The van der Waals surface area contributed by atoms with E-state index in [9.17, 15) is 9.59 Å². The number of hydrazine groups is 1. The molecule has 0 aliphatic carbocycles. The number of carbonyl (C=O) groups is 2. The number of nitrogens with one attached hydrogen (secondary N) is 2. The van der Waals surface area contributed by atoms with E-state index < -0.39 is 11.8 Å². The molecule has 6 nitrogen and oxygen atoms in total. The lowest BCUT2D eigenvalue weighted by molar-refractivity contribution is -0.128. The molecule has 0 aliphatic rings. The molecule has 0 saturated carbocycles. The van der Waals surface area contributed by atoms with Gasteiger partial charge in [0.25, 0.3) is 11.8 Å². The van der Waals surface area contributed by atoms with Crippen LogP contribution in [0.1, 0.15) is 37.8 Å². The second-order valence-corrected chi connectivity index (χ2v) is 7.36. The van der Waals surface area contributed by atoms with E-state index in [1.807, 2.05) is 49.4 Å². The molecule has 0 bridgehead atoms. The van der Waals surface area contributed by atoms with Crippen LogP contribution in [0.25, 0.3) is 6.08 Å². The van der Waals surface area contributed by atoms with Crippen molar-refractivity contribution in [3.05, 3.63) is 64.1 Å². The van der Waals surface area contributed by atoms with Crippen molar-refractivity contribution in [3.63, 3.8) is 0 Å². The zero-order chi connectivity index (χ0) is 21.2. The molecule has 7 heteroatoms. The molecule has 0 aliphatic heterocycles. The molecule has 0 spiro atoms. The Morgan fingerprint density at radius 2 is 1.79 bits per heavy atom. The SMILES string of the molecule is CCOc1ccc(/C=C/C(=O)NNC(=O)COc2ccc(C(C)C)cc2Br)cc1. The zero-order valence-electron chi connectivity index (χ0n) is 16.7. The number of rotatable bonds is 8. The third-order valence-electron chi connectivity index (χ3n) is 3.92. The Morgan fingerprint density at radius 1 is 1.07 bits per heavy atom.